The summed E-state index contributed by atoms with van der Waals surface area (Å²) in [6.45, 7) is 6.54. The van der Waals surface area contributed by atoms with E-state index < -0.39 is 0 Å². The summed E-state index contributed by atoms with van der Waals surface area (Å²) in [4.78, 5) is 2.53. The van der Waals surface area contributed by atoms with E-state index in [-0.39, 0.29) is 0 Å². The summed E-state index contributed by atoms with van der Waals surface area (Å²) >= 11 is 0. The Hall–Kier alpha value is -1.53. The average Bonchev–Trinajstić information content (AvgIpc) is 2.52. The molecule has 0 unspecified atom stereocenters. The summed E-state index contributed by atoms with van der Waals surface area (Å²) in [6.07, 6.45) is 5.03. The van der Waals surface area contributed by atoms with E-state index in [1.54, 1.807) is 6.07 Å². The number of likely N-dealkylation sites (tertiary alicyclic amines) is 1. The quantitative estimate of drug-likeness (QED) is 0.744. The van der Waals surface area contributed by atoms with Crippen LogP contribution in [-0.4, -0.2) is 31.1 Å². The minimum absolute atomic E-state index is 0.622. The fourth-order valence-electron chi connectivity index (χ4n) is 2.77. The lowest BCUT2D eigenvalue weighted by Gasteiger charge is -2.31. The van der Waals surface area contributed by atoms with Gasteiger partial charge < -0.3 is 9.64 Å². The van der Waals surface area contributed by atoms with Gasteiger partial charge >= 0.3 is 0 Å². The van der Waals surface area contributed by atoms with Crippen LogP contribution in [-0.2, 0) is 0 Å². The number of ether oxygens (including phenoxy) is 1. The highest BCUT2D eigenvalue weighted by molar-refractivity contribution is 5.42. The Balaban J connectivity index is 1.66. The van der Waals surface area contributed by atoms with E-state index in [0.29, 0.717) is 17.9 Å². The van der Waals surface area contributed by atoms with Crippen molar-refractivity contribution in [1.82, 2.24) is 4.90 Å². The third kappa shape index (κ3) is 4.25. The summed E-state index contributed by atoms with van der Waals surface area (Å²) in [5.41, 5.74) is 0.622. The summed E-state index contributed by atoms with van der Waals surface area (Å²) < 4.78 is 5.71. The standard InChI is InChI=1S/C17H24N2O/c1-2-15-8-11-19(12-9-15)10-5-13-20-17-7-4-3-6-16(17)14-18/h3-4,6-7,15H,2,5,8-13H2,1H3. The van der Waals surface area contributed by atoms with Crippen LogP contribution in [0.2, 0.25) is 0 Å². The summed E-state index contributed by atoms with van der Waals surface area (Å²) in [5, 5.41) is 8.99. The van der Waals surface area contributed by atoms with Gasteiger partial charge in [-0.05, 0) is 50.4 Å². The van der Waals surface area contributed by atoms with Crippen LogP contribution >= 0.6 is 0 Å². The van der Waals surface area contributed by atoms with Gasteiger partial charge in [0.2, 0.25) is 0 Å². The van der Waals surface area contributed by atoms with Crippen molar-refractivity contribution in [3.05, 3.63) is 29.8 Å². The number of nitriles is 1. The first kappa shape index (κ1) is 14.9. The number of piperidine rings is 1. The van der Waals surface area contributed by atoms with Crippen molar-refractivity contribution < 1.29 is 4.74 Å². The van der Waals surface area contributed by atoms with E-state index in [1.807, 2.05) is 18.2 Å². The van der Waals surface area contributed by atoms with Crippen LogP contribution in [0.25, 0.3) is 0 Å². The highest BCUT2D eigenvalue weighted by atomic mass is 16.5. The van der Waals surface area contributed by atoms with E-state index in [1.165, 1.54) is 32.4 Å². The summed E-state index contributed by atoms with van der Waals surface area (Å²) in [7, 11) is 0. The van der Waals surface area contributed by atoms with Crippen molar-refractivity contribution in [3.63, 3.8) is 0 Å². The molecule has 2 rings (SSSR count). The molecule has 0 N–H and O–H groups in total. The number of para-hydroxylation sites is 1. The van der Waals surface area contributed by atoms with Gasteiger partial charge in [-0.1, -0.05) is 25.5 Å². The van der Waals surface area contributed by atoms with Crippen molar-refractivity contribution >= 4 is 0 Å². The topological polar surface area (TPSA) is 36.3 Å². The van der Waals surface area contributed by atoms with Crippen LogP contribution in [0.3, 0.4) is 0 Å². The van der Waals surface area contributed by atoms with Crippen molar-refractivity contribution in [3.8, 4) is 11.8 Å². The first-order valence-electron chi connectivity index (χ1n) is 7.67. The van der Waals surface area contributed by atoms with Crippen molar-refractivity contribution in [2.24, 2.45) is 5.92 Å². The van der Waals surface area contributed by atoms with E-state index >= 15 is 0 Å². The van der Waals surface area contributed by atoms with Crippen LogP contribution < -0.4 is 4.74 Å². The predicted molar refractivity (Wildman–Crippen MR) is 80.7 cm³/mol. The van der Waals surface area contributed by atoms with Gasteiger partial charge in [0.1, 0.15) is 11.8 Å². The molecule has 20 heavy (non-hydrogen) atoms. The number of benzene rings is 1. The molecule has 1 aliphatic rings. The van der Waals surface area contributed by atoms with E-state index in [2.05, 4.69) is 17.9 Å². The molecule has 3 nitrogen and oxygen atoms in total. The molecule has 0 atom stereocenters. The molecule has 1 saturated heterocycles. The zero-order valence-electron chi connectivity index (χ0n) is 12.3. The normalized spacial score (nSPS) is 16.8. The van der Waals surface area contributed by atoms with E-state index in [4.69, 9.17) is 10.00 Å². The van der Waals surface area contributed by atoms with Gasteiger partial charge in [-0.25, -0.2) is 0 Å². The minimum Gasteiger partial charge on any atom is -0.492 e. The Morgan fingerprint density at radius 3 is 2.75 bits per heavy atom. The molecular weight excluding hydrogens is 248 g/mol. The molecule has 0 aliphatic carbocycles. The van der Waals surface area contributed by atoms with Crippen molar-refractivity contribution in [2.45, 2.75) is 32.6 Å². The molecule has 0 bridgehead atoms. The van der Waals surface area contributed by atoms with Gasteiger partial charge in [-0.2, -0.15) is 5.26 Å². The fourth-order valence-corrected chi connectivity index (χ4v) is 2.77. The third-order valence-corrected chi connectivity index (χ3v) is 4.17. The predicted octanol–water partition coefficient (Wildman–Crippen LogP) is 3.45. The Morgan fingerprint density at radius 2 is 2.05 bits per heavy atom. The van der Waals surface area contributed by atoms with E-state index in [0.717, 1.165) is 18.9 Å². The van der Waals surface area contributed by atoms with Crippen LogP contribution in [0, 0.1) is 17.2 Å². The lowest BCUT2D eigenvalue weighted by atomic mass is 9.94. The number of rotatable bonds is 6. The highest BCUT2D eigenvalue weighted by Gasteiger charge is 2.16. The van der Waals surface area contributed by atoms with Crippen molar-refractivity contribution in [2.75, 3.05) is 26.2 Å². The largest absolute Gasteiger partial charge is 0.492 e. The SMILES string of the molecule is CCC1CCN(CCCOc2ccccc2C#N)CC1. The zero-order chi connectivity index (χ0) is 14.2. The maximum atomic E-state index is 8.99. The van der Waals surface area contributed by atoms with Gasteiger partial charge in [-0.3, -0.25) is 0 Å². The summed E-state index contributed by atoms with van der Waals surface area (Å²) in [6, 6.07) is 9.60. The molecule has 0 saturated carbocycles. The molecule has 1 aromatic rings. The number of hydrogen-bond acceptors (Lipinski definition) is 3. The average molecular weight is 272 g/mol. The van der Waals surface area contributed by atoms with Gasteiger partial charge in [-0.15, -0.1) is 0 Å². The van der Waals surface area contributed by atoms with Crippen LogP contribution in [0.4, 0.5) is 0 Å². The van der Waals surface area contributed by atoms with Gasteiger partial charge in [0.15, 0.2) is 0 Å². The smallest absolute Gasteiger partial charge is 0.137 e. The Labute approximate surface area is 122 Å². The highest BCUT2D eigenvalue weighted by Crippen LogP contribution is 2.20. The Morgan fingerprint density at radius 1 is 1.30 bits per heavy atom. The van der Waals surface area contributed by atoms with Gasteiger partial charge in [0.25, 0.3) is 0 Å². The second-order valence-electron chi connectivity index (χ2n) is 5.50. The third-order valence-electron chi connectivity index (χ3n) is 4.17. The van der Waals surface area contributed by atoms with Crippen LogP contribution in [0.1, 0.15) is 38.2 Å². The molecule has 1 aromatic carbocycles. The summed E-state index contributed by atoms with van der Waals surface area (Å²) in [5.74, 6) is 1.64. The molecule has 1 heterocycles. The van der Waals surface area contributed by atoms with E-state index in [9.17, 15) is 0 Å². The van der Waals surface area contributed by atoms with Gasteiger partial charge in [0.05, 0.1) is 12.2 Å². The Kier molecular flexibility index (Phi) is 5.88. The number of nitrogens with zero attached hydrogens (tertiary/aromatic N) is 2. The van der Waals surface area contributed by atoms with Gasteiger partial charge in [0, 0.05) is 6.54 Å². The monoisotopic (exact) mass is 272 g/mol. The lowest BCUT2D eigenvalue weighted by Crippen LogP contribution is -2.34. The molecule has 0 spiro atoms. The second kappa shape index (κ2) is 7.91. The molecule has 0 radical (unpaired) electrons. The second-order valence-corrected chi connectivity index (χ2v) is 5.50. The molecule has 3 heteroatoms. The molecule has 0 aromatic heterocycles. The van der Waals surface area contributed by atoms with Crippen LogP contribution in [0.15, 0.2) is 24.3 Å². The zero-order valence-corrected chi connectivity index (χ0v) is 12.3. The first-order valence-corrected chi connectivity index (χ1v) is 7.67. The maximum Gasteiger partial charge on any atom is 0.137 e. The first-order chi connectivity index (χ1) is 9.83. The fraction of sp³-hybridized carbons (Fsp3) is 0.588. The Bertz CT molecular complexity index is 445. The molecule has 0 amide bonds. The number of hydrogen-bond donors (Lipinski definition) is 0. The van der Waals surface area contributed by atoms with Crippen molar-refractivity contribution in [1.29, 1.82) is 5.26 Å². The van der Waals surface area contributed by atoms with Crippen LogP contribution in [0.5, 0.6) is 5.75 Å². The molecule has 108 valence electrons. The lowest BCUT2D eigenvalue weighted by molar-refractivity contribution is 0.169. The molecule has 1 fully saturated rings. The molecule has 1 aliphatic heterocycles. The molecular formula is C17H24N2O. The minimum atomic E-state index is 0.622. The maximum absolute atomic E-state index is 8.99.